The van der Waals surface area contributed by atoms with Crippen molar-refractivity contribution in [2.45, 2.75) is 51.5 Å². The molecule has 0 bridgehead atoms. The Kier molecular flexibility index (Phi) is 6.78. The average Bonchev–Trinajstić information content (AvgIpc) is 2.02. The van der Waals surface area contributed by atoms with E-state index in [0.29, 0.717) is 6.61 Å². The van der Waals surface area contributed by atoms with Gasteiger partial charge in [0.15, 0.2) is 0 Å². The second-order valence-corrected chi connectivity index (χ2v) is 6.52. The molecular weight excluding hydrogens is 196 g/mol. The number of ether oxygens (including phenoxy) is 1. The van der Waals surface area contributed by atoms with Gasteiger partial charge in [0.1, 0.15) is 0 Å². The molecule has 4 heteroatoms. The number of nitrogens with two attached hydrogens (primary N) is 1. The number of hydrogen-bond donors (Lipinski definition) is 2. The molecule has 0 aromatic carbocycles. The highest BCUT2D eigenvalue weighted by atomic mass is 32.2. The predicted octanol–water partition coefficient (Wildman–Crippen LogP) is 1.77. The molecule has 1 unspecified atom stereocenters. The Bertz CT molecular complexity index is 146. The van der Waals surface area contributed by atoms with Crippen molar-refractivity contribution in [2.24, 2.45) is 5.84 Å². The molecule has 0 aliphatic carbocycles. The summed E-state index contributed by atoms with van der Waals surface area (Å²) in [5.74, 6) is 6.42. The zero-order chi connectivity index (χ0) is 11.2. The fourth-order valence-electron chi connectivity index (χ4n) is 0.804. The normalized spacial score (nSPS) is 14.8. The largest absolute Gasteiger partial charge is 0.377 e. The highest BCUT2D eigenvalue weighted by molar-refractivity contribution is 8.00. The smallest absolute Gasteiger partial charge is 0.0644 e. The summed E-state index contributed by atoms with van der Waals surface area (Å²) in [6.45, 7) is 11.4. The molecule has 0 amide bonds. The highest BCUT2D eigenvalue weighted by Crippen LogP contribution is 2.23. The molecule has 0 rings (SSSR count). The van der Waals surface area contributed by atoms with Gasteiger partial charge in [-0.25, -0.2) is 0 Å². The van der Waals surface area contributed by atoms with Gasteiger partial charge in [-0.1, -0.05) is 20.8 Å². The molecule has 0 saturated carbocycles. The second kappa shape index (κ2) is 6.67. The summed E-state index contributed by atoms with van der Waals surface area (Å²) in [6, 6.07) is 0.238. The first kappa shape index (κ1) is 14.2. The van der Waals surface area contributed by atoms with Crippen LogP contribution in [0, 0.1) is 0 Å². The van der Waals surface area contributed by atoms with Gasteiger partial charge in [0.05, 0.1) is 18.8 Å². The Hall–Kier alpha value is 0.230. The zero-order valence-corrected chi connectivity index (χ0v) is 10.8. The summed E-state index contributed by atoms with van der Waals surface area (Å²) in [5.41, 5.74) is 2.78. The van der Waals surface area contributed by atoms with E-state index in [9.17, 15) is 0 Å². The molecule has 0 aromatic heterocycles. The Morgan fingerprint density at radius 3 is 2.29 bits per heavy atom. The van der Waals surface area contributed by atoms with E-state index >= 15 is 0 Å². The topological polar surface area (TPSA) is 47.3 Å². The van der Waals surface area contributed by atoms with Crippen LogP contribution < -0.4 is 11.3 Å². The van der Waals surface area contributed by atoms with Crippen LogP contribution in [0.4, 0.5) is 0 Å². The third-order valence-electron chi connectivity index (χ3n) is 1.58. The molecule has 0 aliphatic heterocycles. The molecular formula is C10H24N2OS. The third kappa shape index (κ3) is 8.81. The van der Waals surface area contributed by atoms with Crippen molar-refractivity contribution < 1.29 is 4.74 Å². The van der Waals surface area contributed by atoms with Gasteiger partial charge < -0.3 is 4.74 Å². The maximum absolute atomic E-state index is 5.50. The Labute approximate surface area is 92.1 Å². The van der Waals surface area contributed by atoms with Crippen molar-refractivity contribution in [1.82, 2.24) is 5.43 Å². The summed E-state index contributed by atoms with van der Waals surface area (Å²) in [7, 11) is 0. The van der Waals surface area contributed by atoms with Crippen LogP contribution in [-0.4, -0.2) is 29.3 Å². The van der Waals surface area contributed by atoms with Crippen LogP contribution in [-0.2, 0) is 4.74 Å². The lowest BCUT2D eigenvalue weighted by Gasteiger charge is -2.23. The minimum atomic E-state index is 0.238. The van der Waals surface area contributed by atoms with Gasteiger partial charge in [-0.3, -0.25) is 11.3 Å². The van der Waals surface area contributed by atoms with Crippen molar-refractivity contribution >= 4 is 11.8 Å². The third-order valence-corrected chi connectivity index (χ3v) is 3.02. The van der Waals surface area contributed by atoms with Gasteiger partial charge in [0.2, 0.25) is 0 Å². The van der Waals surface area contributed by atoms with Gasteiger partial charge >= 0.3 is 0 Å². The number of rotatable bonds is 6. The summed E-state index contributed by atoms with van der Waals surface area (Å²) < 4.78 is 5.79. The maximum atomic E-state index is 5.50. The molecule has 3 N–H and O–H groups in total. The van der Waals surface area contributed by atoms with Crippen molar-refractivity contribution in [3.63, 3.8) is 0 Å². The lowest BCUT2D eigenvalue weighted by molar-refractivity contribution is 0.0655. The lowest BCUT2D eigenvalue weighted by Crippen LogP contribution is -2.41. The Morgan fingerprint density at radius 2 is 1.93 bits per heavy atom. The molecule has 0 spiro atoms. The van der Waals surface area contributed by atoms with E-state index in [-0.39, 0.29) is 16.9 Å². The predicted molar refractivity (Wildman–Crippen MR) is 64.4 cm³/mol. The van der Waals surface area contributed by atoms with Crippen molar-refractivity contribution in [3.05, 3.63) is 0 Å². The SMILES string of the molecule is CC(C)OCC(CSC(C)(C)C)NN. The molecule has 0 fully saturated rings. The first-order valence-corrected chi connectivity index (χ1v) is 6.05. The van der Waals surface area contributed by atoms with Crippen LogP contribution >= 0.6 is 11.8 Å². The fraction of sp³-hybridized carbons (Fsp3) is 1.00. The number of thioether (sulfide) groups is 1. The molecule has 14 heavy (non-hydrogen) atoms. The minimum Gasteiger partial charge on any atom is -0.377 e. The van der Waals surface area contributed by atoms with E-state index in [0.717, 1.165) is 5.75 Å². The van der Waals surface area contributed by atoms with Crippen LogP contribution in [0.15, 0.2) is 0 Å². The minimum absolute atomic E-state index is 0.238. The fourth-order valence-corrected chi connectivity index (χ4v) is 1.70. The van der Waals surface area contributed by atoms with Crippen molar-refractivity contribution in [3.8, 4) is 0 Å². The van der Waals surface area contributed by atoms with E-state index in [2.05, 4.69) is 26.2 Å². The first-order chi connectivity index (χ1) is 6.35. The maximum Gasteiger partial charge on any atom is 0.0644 e. The van der Waals surface area contributed by atoms with Crippen LogP contribution in [0.1, 0.15) is 34.6 Å². The van der Waals surface area contributed by atoms with Crippen LogP contribution in [0.3, 0.4) is 0 Å². The molecule has 86 valence electrons. The first-order valence-electron chi connectivity index (χ1n) is 5.07. The Balaban J connectivity index is 3.69. The highest BCUT2D eigenvalue weighted by Gasteiger charge is 2.15. The summed E-state index contributed by atoms with van der Waals surface area (Å²) in [5, 5.41) is 0. The van der Waals surface area contributed by atoms with Crippen LogP contribution in [0.25, 0.3) is 0 Å². The van der Waals surface area contributed by atoms with Gasteiger partial charge in [0, 0.05) is 10.5 Å². The van der Waals surface area contributed by atoms with Crippen LogP contribution in [0.2, 0.25) is 0 Å². The van der Waals surface area contributed by atoms with Gasteiger partial charge in [-0.15, -0.1) is 0 Å². The molecule has 0 aliphatic rings. The average molecular weight is 220 g/mol. The van der Waals surface area contributed by atoms with E-state index < -0.39 is 0 Å². The summed E-state index contributed by atoms with van der Waals surface area (Å²) in [4.78, 5) is 0. The standard InChI is InChI=1S/C10H24N2OS/c1-8(2)13-6-9(12-11)7-14-10(3,4)5/h8-9,12H,6-7,11H2,1-5H3. The summed E-state index contributed by atoms with van der Waals surface area (Å²) >= 11 is 1.90. The molecule has 0 aromatic rings. The monoisotopic (exact) mass is 220 g/mol. The van der Waals surface area contributed by atoms with Gasteiger partial charge in [0.25, 0.3) is 0 Å². The number of hydrazine groups is 1. The van der Waals surface area contributed by atoms with Gasteiger partial charge in [-0.2, -0.15) is 11.8 Å². The molecule has 0 radical (unpaired) electrons. The van der Waals surface area contributed by atoms with Gasteiger partial charge in [-0.05, 0) is 13.8 Å². The number of nitrogens with one attached hydrogen (secondary N) is 1. The molecule has 0 saturated heterocycles. The molecule has 1 atom stereocenters. The number of hydrogen-bond acceptors (Lipinski definition) is 4. The van der Waals surface area contributed by atoms with Crippen molar-refractivity contribution in [1.29, 1.82) is 0 Å². The van der Waals surface area contributed by atoms with E-state index in [1.54, 1.807) is 0 Å². The van der Waals surface area contributed by atoms with E-state index in [1.807, 2.05) is 25.6 Å². The van der Waals surface area contributed by atoms with Crippen molar-refractivity contribution in [2.75, 3.05) is 12.4 Å². The molecule has 3 nitrogen and oxygen atoms in total. The lowest BCUT2D eigenvalue weighted by atomic mass is 10.3. The van der Waals surface area contributed by atoms with Crippen LogP contribution in [0.5, 0.6) is 0 Å². The summed E-state index contributed by atoms with van der Waals surface area (Å²) in [6.07, 6.45) is 0.269. The molecule has 0 heterocycles. The van der Waals surface area contributed by atoms with E-state index in [1.165, 1.54) is 0 Å². The van der Waals surface area contributed by atoms with E-state index in [4.69, 9.17) is 10.6 Å². The zero-order valence-electron chi connectivity index (χ0n) is 9.96. The second-order valence-electron chi connectivity index (χ2n) is 4.67. The quantitative estimate of drug-likeness (QED) is 0.529. The Morgan fingerprint density at radius 1 is 1.36 bits per heavy atom.